The van der Waals surface area contributed by atoms with Gasteiger partial charge in [-0.2, -0.15) is 0 Å². The number of hydrogen-bond donors (Lipinski definition) is 3. The fraction of sp³-hybridized carbons (Fsp3) is 0.333. The van der Waals surface area contributed by atoms with Crippen LogP contribution in [0.15, 0.2) is 12.1 Å². The molecule has 2 atom stereocenters. The van der Waals surface area contributed by atoms with Crippen LogP contribution in [-0.4, -0.2) is 11.2 Å². The summed E-state index contributed by atoms with van der Waals surface area (Å²) in [6.45, 7) is 1.44. The topological polar surface area (TPSA) is 72.3 Å². The molecular weight excluding hydrogens is 190 g/mol. The number of nitrogen functional groups attached to an aromatic ring is 1. The van der Waals surface area contributed by atoms with Gasteiger partial charge in [0.05, 0.1) is 12.1 Å². The second-order valence-electron chi connectivity index (χ2n) is 3.16. The molecule has 1 aromatic carbocycles. The summed E-state index contributed by atoms with van der Waals surface area (Å²) < 4.78 is 25.9. The van der Waals surface area contributed by atoms with Gasteiger partial charge in [0, 0.05) is 0 Å². The Morgan fingerprint density at radius 1 is 1.29 bits per heavy atom. The maximum absolute atomic E-state index is 13.0. The van der Waals surface area contributed by atoms with Crippen molar-refractivity contribution in [1.82, 2.24) is 0 Å². The minimum atomic E-state index is -0.877. The SMILES string of the molecule is CC(O)[C@@H](N)c1cc(F)c(N)c(F)c1. The second-order valence-corrected chi connectivity index (χ2v) is 3.16. The van der Waals surface area contributed by atoms with E-state index >= 15 is 0 Å². The van der Waals surface area contributed by atoms with Gasteiger partial charge >= 0.3 is 0 Å². The van der Waals surface area contributed by atoms with E-state index in [1.807, 2.05) is 0 Å². The van der Waals surface area contributed by atoms with Crippen molar-refractivity contribution in [3.63, 3.8) is 0 Å². The smallest absolute Gasteiger partial charge is 0.149 e. The normalized spacial score (nSPS) is 15.2. The highest BCUT2D eigenvalue weighted by Crippen LogP contribution is 2.22. The van der Waals surface area contributed by atoms with Crippen LogP contribution in [0, 0.1) is 11.6 Å². The molecule has 0 fully saturated rings. The molecule has 5 heteroatoms. The predicted molar refractivity (Wildman–Crippen MR) is 49.4 cm³/mol. The van der Waals surface area contributed by atoms with Crippen LogP contribution in [0.25, 0.3) is 0 Å². The summed E-state index contributed by atoms with van der Waals surface area (Å²) in [5.41, 5.74) is 10.2. The maximum atomic E-state index is 13.0. The molecule has 0 aromatic heterocycles. The molecule has 0 radical (unpaired) electrons. The zero-order chi connectivity index (χ0) is 10.9. The van der Waals surface area contributed by atoms with Crippen LogP contribution in [-0.2, 0) is 0 Å². The molecular formula is C9H12F2N2O. The number of hydrogen-bond acceptors (Lipinski definition) is 3. The molecule has 78 valence electrons. The highest BCUT2D eigenvalue weighted by molar-refractivity contribution is 5.44. The molecule has 1 unspecified atom stereocenters. The van der Waals surface area contributed by atoms with Crippen LogP contribution < -0.4 is 11.5 Å². The first-order valence-electron chi connectivity index (χ1n) is 4.11. The lowest BCUT2D eigenvalue weighted by Gasteiger charge is -2.15. The van der Waals surface area contributed by atoms with Crippen molar-refractivity contribution in [3.05, 3.63) is 29.3 Å². The first kappa shape index (κ1) is 10.9. The average Bonchev–Trinajstić information content (AvgIpc) is 2.12. The molecule has 0 heterocycles. The van der Waals surface area contributed by atoms with Crippen LogP contribution in [0.1, 0.15) is 18.5 Å². The van der Waals surface area contributed by atoms with Crippen molar-refractivity contribution in [2.45, 2.75) is 19.1 Å². The van der Waals surface area contributed by atoms with Gasteiger partial charge < -0.3 is 16.6 Å². The van der Waals surface area contributed by atoms with Crippen LogP contribution in [0.2, 0.25) is 0 Å². The van der Waals surface area contributed by atoms with E-state index in [9.17, 15) is 8.78 Å². The Kier molecular flexibility index (Phi) is 3.03. The van der Waals surface area contributed by atoms with Crippen molar-refractivity contribution in [2.24, 2.45) is 5.73 Å². The molecule has 0 saturated heterocycles. The monoisotopic (exact) mass is 202 g/mol. The first-order valence-corrected chi connectivity index (χ1v) is 4.11. The van der Waals surface area contributed by atoms with E-state index in [2.05, 4.69) is 0 Å². The summed E-state index contributed by atoms with van der Waals surface area (Å²) in [4.78, 5) is 0. The Morgan fingerprint density at radius 2 is 1.71 bits per heavy atom. The summed E-state index contributed by atoms with van der Waals surface area (Å²) in [7, 11) is 0. The lowest BCUT2D eigenvalue weighted by atomic mass is 10.0. The summed E-state index contributed by atoms with van der Waals surface area (Å²) in [5.74, 6) is -1.73. The molecule has 0 amide bonds. The zero-order valence-corrected chi connectivity index (χ0v) is 7.67. The van der Waals surface area contributed by atoms with Gasteiger partial charge in [-0.05, 0) is 24.6 Å². The Morgan fingerprint density at radius 3 is 2.07 bits per heavy atom. The molecule has 0 spiro atoms. The largest absolute Gasteiger partial charge is 0.394 e. The Labute approximate surface area is 80.3 Å². The number of rotatable bonds is 2. The summed E-state index contributed by atoms with van der Waals surface area (Å²) in [5, 5.41) is 9.12. The van der Waals surface area contributed by atoms with E-state index in [1.165, 1.54) is 6.92 Å². The summed E-state index contributed by atoms with van der Waals surface area (Å²) >= 11 is 0. The molecule has 1 rings (SSSR count). The number of benzene rings is 1. The Bertz CT molecular complexity index is 319. The molecule has 1 aromatic rings. The van der Waals surface area contributed by atoms with Crippen LogP contribution in [0.4, 0.5) is 14.5 Å². The molecule has 0 bridgehead atoms. The molecule has 0 aliphatic rings. The number of anilines is 1. The second kappa shape index (κ2) is 3.89. The maximum Gasteiger partial charge on any atom is 0.149 e. The predicted octanol–water partition coefficient (Wildman–Crippen LogP) is 0.928. The number of nitrogens with two attached hydrogens (primary N) is 2. The van der Waals surface area contributed by atoms with Gasteiger partial charge in [-0.1, -0.05) is 0 Å². The Hall–Kier alpha value is -1.20. The number of aliphatic hydroxyl groups excluding tert-OH is 1. The molecule has 14 heavy (non-hydrogen) atoms. The van der Waals surface area contributed by atoms with E-state index in [4.69, 9.17) is 16.6 Å². The minimum absolute atomic E-state index is 0.184. The van der Waals surface area contributed by atoms with Crippen molar-refractivity contribution >= 4 is 5.69 Å². The van der Waals surface area contributed by atoms with E-state index < -0.39 is 29.5 Å². The van der Waals surface area contributed by atoms with Crippen LogP contribution in [0.5, 0.6) is 0 Å². The van der Waals surface area contributed by atoms with Crippen LogP contribution in [0.3, 0.4) is 0 Å². The standard InChI is InChI=1S/C9H12F2N2O/c1-4(14)8(12)5-2-6(10)9(13)7(11)3-5/h2-4,8,14H,12-13H2,1H3/t4?,8-/m1/s1. The molecule has 3 nitrogen and oxygen atoms in total. The molecule has 0 saturated carbocycles. The van der Waals surface area contributed by atoms with Crippen LogP contribution >= 0.6 is 0 Å². The van der Waals surface area contributed by atoms with Gasteiger partial charge in [0.1, 0.15) is 17.3 Å². The highest BCUT2D eigenvalue weighted by Gasteiger charge is 2.16. The van der Waals surface area contributed by atoms with Gasteiger partial charge in [0.2, 0.25) is 0 Å². The van der Waals surface area contributed by atoms with Gasteiger partial charge in [-0.25, -0.2) is 8.78 Å². The van der Waals surface area contributed by atoms with Gasteiger partial charge in [-0.3, -0.25) is 0 Å². The minimum Gasteiger partial charge on any atom is -0.394 e. The van der Waals surface area contributed by atoms with Gasteiger partial charge in [0.25, 0.3) is 0 Å². The highest BCUT2D eigenvalue weighted by atomic mass is 19.1. The molecule has 5 N–H and O–H groups in total. The fourth-order valence-corrected chi connectivity index (χ4v) is 1.07. The Balaban J connectivity index is 3.12. The van der Waals surface area contributed by atoms with E-state index in [-0.39, 0.29) is 5.56 Å². The third-order valence-corrected chi connectivity index (χ3v) is 2.01. The number of aliphatic hydroxyl groups is 1. The third kappa shape index (κ3) is 2.00. The third-order valence-electron chi connectivity index (χ3n) is 2.01. The van der Waals surface area contributed by atoms with Crippen molar-refractivity contribution in [2.75, 3.05) is 5.73 Å². The van der Waals surface area contributed by atoms with E-state index in [0.29, 0.717) is 0 Å². The van der Waals surface area contributed by atoms with Crippen molar-refractivity contribution in [3.8, 4) is 0 Å². The van der Waals surface area contributed by atoms with Gasteiger partial charge in [-0.15, -0.1) is 0 Å². The summed E-state index contributed by atoms with van der Waals surface area (Å²) in [6.07, 6.45) is -0.877. The summed E-state index contributed by atoms with van der Waals surface area (Å²) in [6, 6.07) is 1.23. The lowest BCUT2D eigenvalue weighted by molar-refractivity contribution is 0.164. The first-order chi connectivity index (χ1) is 6.43. The van der Waals surface area contributed by atoms with E-state index in [1.54, 1.807) is 0 Å². The lowest BCUT2D eigenvalue weighted by Crippen LogP contribution is -2.23. The molecule has 0 aliphatic carbocycles. The molecule has 0 aliphatic heterocycles. The van der Waals surface area contributed by atoms with Gasteiger partial charge in [0.15, 0.2) is 0 Å². The fourth-order valence-electron chi connectivity index (χ4n) is 1.07. The quantitative estimate of drug-likeness (QED) is 0.624. The van der Waals surface area contributed by atoms with Crippen molar-refractivity contribution < 1.29 is 13.9 Å². The average molecular weight is 202 g/mol. The van der Waals surface area contributed by atoms with E-state index in [0.717, 1.165) is 12.1 Å². The zero-order valence-electron chi connectivity index (χ0n) is 7.67. The number of halogens is 2. The van der Waals surface area contributed by atoms with Crippen molar-refractivity contribution in [1.29, 1.82) is 0 Å².